The Kier molecular flexibility index (Phi) is 2.32. The molecule has 0 radical (unpaired) electrons. The Morgan fingerprint density at radius 1 is 1.38 bits per heavy atom. The maximum atomic E-state index is 10.0. The second-order valence-corrected chi connectivity index (χ2v) is 3.97. The molecule has 0 aromatic carbocycles. The van der Waals surface area contributed by atoms with Crippen LogP contribution in [0.25, 0.3) is 0 Å². The summed E-state index contributed by atoms with van der Waals surface area (Å²) in [6.45, 7) is 4.73. The van der Waals surface area contributed by atoms with Crippen LogP contribution in [0.15, 0.2) is 0 Å². The standard InChI is InChI=1S/C9H16O4/c1-6-12-5-7-8(13-6)9(2,10)3-4-11-7/h6-8,10H,3-5H2,1-2H3. The minimum absolute atomic E-state index is 0.111. The zero-order chi connectivity index (χ0) is 9.47. The molecule has 2 heterocycles. The van der Waals surface area contributed by atoms with Gasteiger partial charge in [-0.25, -0.2) is 0 Å². The van der Waals surface area contributed by atoms with Gasteiger partial charge in [0.05, 0.1) is 18.8 Å². The van der Waals surface area contributed by atoms with E-state index in [9.17, 15) is 5.11 Å². The van der Waals surface area contributed by atoms with Crippen LogP contribution >= 0.6 is 0 Å². The van der Waals surface area contributed by atoms with Crippen molar-refractivity contribution in [2.75, 3.05) is 13.2 Å². The third kappa shape index (κ3) is 1.72. The molecule has 2 rings (SSSR count). The van der Waals surface area contributed by atoms with Crippen LogP contribution in [0.2, 0.25) is 0 Å². The lowest BCUT2D eigenvalue weighted by Crippen LogP contribution is -2.59. The first-order valence-electron chi connectivity index (χ1n) is 4.70. The second kappa shape index (κ2) is 3.20. The SMILES string of the molecule is CC1OCC2OCCC(C)(O)C2O1. The third-order valence-corrected chi connectivity index (χ3v) is 2.72. The molecule has 0 spiro atoms. The highest BCUT2D eigenvalue weighted by Crippen LogP contribution is 2.31. The number of hydrogen-bond donors (Lipinski definition) is 1. The van der Waals surface area contributed by atoms with Crippen LogP contribution in [0.5, 0.6) is 0 Å². The fourth-order valence-corrected chi connectivity index (χ4v) is 1.89. The molecule has 4 heteroatoms. The summed E-state index contributed by atoms with van der Waals surface area (Å²) in [5.74, 6) is 0. The normalized spacial score (nSPS) is 51.5. The number of aliphatic hydroxyl groups is 1. The van der Waals surface area contributed by atoms with Crippen LogP contribution in [-0.4, -0.2) is 42.4 Å². The minimum Gasteiger partial charge on any atom is -0.387 e. The van der Waals surface area contributed by atoms with E-state index in [2.05, 4.69) is 0 Å². The largest absolute Gasteiger partial charge is 0.387 e. The van der Waals surface area contributed by atoms with Gasteiger partial charge in [0.1, 0.15) is 12.2 Å². The van der Waals surface area contributed by atoms with Crippen molar-refractivity contribution in [3.63, 3.8) is 0 Å². The van der Waals surface area contributed by atoms with Crippen molar-refractivity contribution < 1.29 is 19.3 Å². The fourth-order valence-electron chi connectivity index (χ4n) is 1.89. The fraction of sp³-hybridized carbons (Fsp3) is 1.00. The topological polar surface area (TPSA) is 47.9 Å². The quantitative estimate of drug-likeness (QED) is 0.593. The van der Waals surface area contributed by atoms with Gasteiger partial charge in [0.15, 0.2) is 6.29 Å². The van der Waals surface area contributed by atoms with Crippen molar-refractivity contribution in [1.29, 1.82) is 0 Å². The first-order valence-corrected chi connectivity index (χ1v) is 4.70. The van der Waals surface area contributed by atoms with Gasteiger partial charge in [-0.15, -0.1) is 0 Å². The molecule has 0 aromatic rings. The molecule has 2 aliphatic rings. The number of fused-ring (bicyclic) bond motifs is 1. The van der Waals surface area contributed by atoms with Crippen LogP contribution in [-0.2, 0) is 14.2 Å². The number of rotatable bonds is 0. The van der Waals surface area contributed by atoms with E-state index in [0.29, 0.717) is 19.6 Å². The van der Waals surface area contributed by atoms with Crippen molar-refractivity contribution in [2.24, 2.45) is 0 Å². The van der Waals surface area contributed by atoms with Gasteiger partial charge in [-0.2, -0.15) is 0 Å². The van der Waals surface area contributed by atoms with Crippen LogP contribution in [0.4, 0.5) is 0 Å². The summed E-state index contributed by atoms with van der Waals surface area (Å²) in [4.78, 5) is 0. The van der Waals surface area contributed by atoms with Crippen molar-refractivity contribution in [3.8, 4) is 0 Å². The van der Waals surface area contributed by atoms with Crippen LogP contribution in [0.1, 0.15) is 20.3 Å². The first kappa shape index (κ1) is 9.40. The average molecular weight is 188 g/mol. The Balaban J connectivity index is 2.10. The summed E-state index contributed by atoms with van der Waals surface area (Å²) in [6.07, 6.45) is 0.0281. The molecule has 13 heavy (non-hydrogen) atoms. The molecular formula is C9H16O4. The molecule has 0 saturated carbocycles. The van der Waals surface area contributed by atoms with Gasteiger partial charge < -0.3 is 19.3 Å². The Morgan fingerprint density at radius 2 is 2.15 bits per heavy atom. The predicted octanol–water partition coefficient (Wildman–Crippen LogP) is 0.288. The zero-order valence-electron chi connectivity index (χ0n) is 8.03. The molecule has 2 saturated heterocycles. The summed E-state index contributed by atoms with van der Waals surface area (Å²) in [5, 5.41) is 10.0. The summed E-state index contributed by atoms with van der Waals surface area (Å²) in [7, 11) is 0. The number of ether oxygens (including phenoxy) is 3. The Labute approximate surface area is 77.8 Å². The van der Waals surface area contributed by atoms with E-state index >= 15 is 0 Å². The van der Waals surface area contributed by atoms with Crippen molar-refractivity contribution in [1.82, 2.24) is 0 Å². The van der Waals surface area contributed by atoms with E-state index in [1.165, 1.54) is 0 Å². The Hall–Kier alpha value is -0.160. The molecule has 2 aliphatic heterocycles. The monoisotopic (exact) mass is 188 g/mol. The van der Waals surface area contributed by atoms with E-state index in [0.717, 1.165) is 0 Å². The Bertz CT molecular complexity index is 192. The van der Waals surface area contributed by atoms with E-state index in [-0.39, 0.29) is 18.5 Å². The van der Waals surface area contributed by atoms with Gasteiger partial charge in [0, 0.05) is 6.42 Å². The molecule has 76 valence electrons. The van der Waals surface area contributed by atoms with E-state index in [4.69, 9.17) is 14.2 Å². The van der Waals surface area contributed by atoms with Gasteiger partial charge in [0.2, 0.25) is 0 Å². The lowest BCUT2D eigenvalue weighted by molar-refractivity contribution is -0.309. The highest BCUT2D eigenvalue weighted by atomic mass is 16.7. The first-order chi connectivity index (χ1) is 6.09. The van der Waals surface area contributed by atoms with Crippen molar-refractivity contribution >= 4 is 0 Å². The second-order valence-electron chi connectivity index (χ2n) is 3.97. The van der Waals surface area contributed by atoms with Crippen molar-refractivity contribution in [2.45, 2.75) is 44.4 Å². The molecule has 0 aromatic heterocycles. The van der Waals surface area contributed by atoms with Gasteiger partial charge in [0.25, 0.3) is 0 Å². The van der Waals surface area contributed by atoms with Crippen LogP contribution in [0.3, 0.4) is 0 Å². The molecule has 2 fully saturated rings. The molecule has 0 amide bonds. The molecule has 4 nitrogen and oxygen atoms in total. The van der Waals surface area contributed by atoms with E-state index < -0.39 is 5.60 Å². The maximum Gasteiger partial charge on any atom is 0.155 e. The predicted molar refractivity (Wildman–Crippen MR) is 45.3 cm³/mol. The summed E-state index contributed by atoms with van der Waals surface area (Å²) in [6, 6.07) is 0. The maximum absolute atomic E-state index is 10.0. The third-order valence-electron chi connectivity index (χ3n) is 2.72. The highest BCUT2D eigenvalue weighted by Gasteiger charge is 2.46. The molecular weight excluding hydrogens is 172 g/mol. The van der Waals surface area contributed by atoms with Crippen molar-refractivity contribution in [3.05, 3.63) is 0 Å². The summed E-state index contributed by atoms with van der Waals surface area (Å²) in [5.41, 5.74) is -0.777. The summed E-state index contributed by atoms with van der Waals surface area (Å²) < 4.78 is 16.2. The van der Waals surface area contributed by atoms with Gasteiger partial charge in [-0.1, -0.05) is 0 Å². The molecule has 4 atom stereocenters. The highest BCUT2D eigenvalue weighted by molar-refractivity contribution is 4.93. The van der Waals surface area contributed by atoms with E-state index in [1.807, 2.05) is 6.92 Å². The zero-order valence-corrected chi connectivity index (χ0v) is 8.03. The van der Waals surface area contributed by atoms with Gasteiger partial charge in [-0.3, -0.25) is 0 Å². The lowest BCUT2D eigenvalue weighted by Gasteiger charge is -2.45. The lowest BCUT2D eigenvalue weighted by atomic mass is 9.89. The van der Waals surface area contributed by atoms with Gasteiger partial charge in [-0.05, 0) is 13.8 Å². The molecule has 0 aliphatic carbocycles. The van der Waals surface area contributed by atoms with Crippen LogP contribution < -0.4 is 0 Å². The van der Waals surface area contributed by atoms with Gasteiger partial charge >= 0.3 is 0 Å². The summed E-state index contributed by atoms with van der Waals surface area (Å²) >= 11 is 0. The minimum atomic E-state index is -0.777. The number of hydrogen-bond acceptors (Lipinski definition) is 4. The molecule has 0 bridgehead atoms. The Morgan fingerprint density at radius 3 is 2.92 bits per heavy atom. The average Bonchev–Trinajstić information content (AvgIpc) is 2.06. The molecule has 1 N–H and O–H groups in total. The van der Waals surface area contributed by atoms with Crippen LogP contribution in [0, 0.1) is 0 Å². The molecule has 4 unspecified atom stereocenters. The smallest absolute Gasteiger partial charge is 0.155 e. The van der Waals surface area contributed by atoms with E-state index in [1.54, 1.807) is 6.92 Å².